The molecule has 106 valence electrons. The fourth-order valence-electron chi connectivity index (χ4n) is 2.11. The summed E-state index contributed by atoms with van der Waals surface area (Å²) in [6.45, 7) is 8.87. The van der Waals surface area contributed by atoms with E-state index in [1.54, 1.807) is 0 Å². The van der Waals surface area contributed by atoms with Crippen molar-refractivity contribution in [3.63, 3.8) is 0 Å². The number of carbonyl (C=O) groups is 1. The predicted octanol–water partition coefficient (Wildman–Crippen LogP) is 1.49. The van der Waals surface area contributed by atoms with Crippen molar-refractivity contribution in [3.05, 3.63) is 17.0 Å². The Labute approximate surface area is 114 Å². The molecule has 1 unspecified atom stereocenters. The number of carbonyl (C=O) groups excluding carboxylic acids is 1. The molecule has 1 fully saturated rings. The number of esters is 1. The fraction of sp³-hybridized carbons (Fsp3) is 0.714. The van der Waals surface area contributed by atoms with Crippen molar-refractivity contribution in [1.29, 1.82) is 0 Å². The molecule has 1 aliphatic rings. The highest BCUT2D eigenvalue weighted by Gasteiger charge is 2.30. The van der Waals surface area contributed by atoms with Crippen molar-refractivity contribution in [2.45, 2.75) is 59.2 Å². The van der Waals surface area contributed by atoms with E-state index < -0.39 is 0 Å². The molecule has 1 heterocycles. The van der Waals surface area contributed by atoms with E-state index in [-0.39, 0.29) is 12.0 Å². The van der Waals surface area contributed by atoms with Crippen molar-refractivity contribution < 1.29 is 9.53 Å². The van der Waals surface area contributed by atoms with Gasteiger partial charge in [-0.25, -0.2) is 0 Å². The first-order chi connectivity index (χ1) is 9.02. The first kappa shape index (κ1) is 14.1. The predicted molar refractivity (Wildman–Crippen MR) is 73.0 cm³/mol. The van der Waals surface area contributed by atoms with Gasteiger partial charge in [-0.3, -0.25) is 9.48 Å². The quantitative estimate of drug-likeness (QED) is 0.792. The van der Waals surface area contributed by atoms with Crippen molar-refractivity contribution in [3.8, 4) is 0 Å². The molecule has 1 aromatic heterocycles. The standard InChI is InChI=1S/C14H23N3O2/c1-5-19-14(18)13(15-12-6-7-12)8-17-11(4)9(2)10(3)16-17/h12-13,15H,5-8H2,1-4H3. The third-order valence-corrected chi connectivity index (χ3v) is 3.68. The lowest BCUT2D eigenvalue weighted by atomic mass is 10.2. The molecule has 0 spiro atoms. The third kappa shape index (κ3) is 3.35. The van der Waals surface area contributed by atoms with Crippen molar-refractivity contribution in [2.24, 2.45) is 0 Å². The molecule has 0 amide bonds. The molecule has 2 rings (SSSR count). The maximum Gasteiger partial charge on any atom is 0.325 e. The van der Waals surface area contributed by atoms with Gasteiger partial charge in [0.1, 0.15) is 6.04 Å². The Morgan fingerprint density at radius 2 is 2.16 bits per heavy atom. The molecule has 5 heteroatoms. The highest BCUT2D eigenvalue weighted by molar-refractivity contribution is 5.75. The number of hydrogen-bond donors (Lipinski definition) is 1. The summed E-state index contributed by atoms with van der Waals surface area (Å²) in [4.78, 5) is 12.0. The maximum atomic E-state index is 12.0. The Balaban J connectivity index is 2.09. The zero-order valence-corrected chi connectivity index (χ0v) is 12.2. The van der Waals surface area contributed by atoms with Gasteiger partial charge >= 0.3 is 5.97 Å². The van der Waals surface area contributed by atoms with Crippen LogP contribution in [-0.2, 0) is 16.1 Å². The lowest BCUT2D eigenvalue weighted by Gasteiger charge is -2.17. The van der Waals surface area contributed by atoms with Crippen LogP contribution in [0.4, 0.5) is 0 Å². The van der Waals surface area contributed by atoms with E-state index in [2.05, 4.69) is 17.3 Å². The van der Waals surface area contributed by atoms with Gasteiger partial charge in [0.05, 0.1) is 18.8 Å². The van der Waals surface area contributed by atoms with Crippen LogP contribution >= 0.6 is 0 Å². The highest BCUT2D eigenvalue weighted by Crippen LogP contribution is 2.20. The van der Waals surface area contributed by atoms with E-state index in [4.69, 9.17) is 4.74 Å². The molecule has 0 saturated heterocycles. The minimum atomic E-state index is -0.301. The molecule has 5 nitrogen and oxygen atoms in total. The van der Waals surface area contributed by atoms with Crippen LogP contribution in [0.3, 0.4) is 0 Å². The first-order valence-corrected chi connectivity index (χ1v) is 6.96. The summed E-state index contributed by atoms with van der Waals surface area (Å²) in [7, 11) is 0. The van der Waals surface area contributed by atoms with Crippen LogP contribution < -0.4 is 5.32 Å². The van der Waals surface area contributed by atoms with Gasteiger partial charge in [0.25, 0.3) is 0 Å². The average Bonchev–Trinajstić information content (AvgIpc) is 3.15. The Morgan fingerprint density at radius 3 is 2.63 bits per heavy atom. The molecule has 0 aromatic carbocycles. The lowest BCUT2D eigenvalue weighted by molar-refractivity contribution is -0.146. The van der Waals surface area contributed by atoms with Crippen LogP contribution in [0.1, 0.15) is 36.7 Å². The van der Waals surface area contributed by atoms with Gasteiger partial charge in [0, 0.05) is 11.7 Å². The molecule has 19 heavy (non-hydrogen) atoms. The zero-order chi connectivity index (χ0) is 14.0. The smallest absolute Gasteiger partial charge is 0.325 e. The first-order valence-electron chi connectivity index (χ1n) is 6.96. The minimum absolute atomic E-state index is 0.181. The normalized spacial score (nSPS) is 16.4. The van der Waals surface area contributed by atoms with Gasteiger partial charge in [0.15, 0.2) is 0 Å². The summed E-state index contributed by atoms with van der Waals surface area (Å²) in [5.74, 6) is -0.181. The minimum Gasteiger partial charge on any atom is -0.465 e. The van der Waals surface area contributed by atoms with E-state index in [1.807, 2.05) is 25.5 Å². The highest BCUT2D eigenvalue weighted by atomic mass is 16.5. The van der Waals surface area contributed by atoms with Crippen LogP contribution in [0.15, 0.2) is 0 Å². The summed E-state index contributed by atoms with van der Waals surface area (Å²) in [5, 5.41) is 7.83. The Hall–Kier alpha value is -1.36. The SMILES string of the molecule is CCOC(=O)C(Cn1nc(C)c(C)c1C)NC1CC1. The second-order valence-corrected chi connectivity index (χ2v) is 5.22. The number of rotatable bonds is 6. The summed E-state index contributed by atoms with van der Waals surface area (Å²) >= 11 is 0. The number of nitrogens with zero attached hydrogens (tertiary/aromatic N) is 2. The van der Waals surface area contributed by atoms with E-state index in [1.165, 1.54) is 5.56 Å². The Bertz CT molecular complexity index is 464. The van der Waals surface area contributed by atoms with E-state index in [9.17, 15) is 4.79 Å². The van der Waals surface area contributed by atoms with Gasteiger partial charge in [-0.2, -0.15) is 5.10 Å². The second kappa shape index (κ2) is 5.74. The number of aryl methyl sites for hydroxylation is 1. The van der Waals surface area contributed by atoms with E-state index in [0.29, 0.717) is 19.2 Å². The second-order valence-electron chi connectivity index (χ2n) is 5.22. The van der Waals surface area contributed by atoms with Crippen LogP contribution in [0.5, 0.6) is 0 Å². The zero-order valence-electron chi connectivity index (χ0n) is 12.2. The van der Waals surface area contributed by atoms with E-state index in [0.717, 1.165) is 24.2 Å². The monoisotopic (exact) mass is 265 g/mol. The van der Waals surface area contributed by atoms with Crippen LogP contribution in [-0.4, -0.2) is 34.4 Å². The van der Waals surface area contributed by atoms with E-state index >= 15 is 0 Å². The largest absolute Gasteiger partial charge is 0.465 e. The number of nitrogens with one attached hydrogen (secondary N) is 1. The molecule has 0 bridgehead atoms. The van der Waals surface area contributed by atoms with Crippen LogP contribution in [0.25, 0.3) is 0 Å². The summed E-state index contributed by atoms with van der Waals surface area (Å²) < 4.78 is 7.04. The van der Waals surface area contributed by atoms with Crippen molar-refractivity contribution in [2.75, 3.05) is 6.61 Å². The fourth-order valence-corrected chi connectivity index (χ4v) is 2.11. The number of ether oxygens (including phenoxy) is 1. The van der Waals surface area contributed by atoms with Gasteiger partial charge in [-0.05, 0) is 46.1 Å². The van der Waals surface area contributed by atoms with Crippen LogP contribution in [0.2, 0.25) is 0 Å². The third-order valence-electron chi connectivity index (χ3n) is 3.68. The molecule has 1 aliphatic carbocycles. The maximum absolute atomic E-state index is 12.0. The topological polar surface area (TPSA) is 56.2 Å². The molecular formula is C14H23N3O2. The average molecular weight is 265 g/mol. The summed E-state index contributed by atoms with van der Waals surface area (Å²) in [6, 6.07) is 0.164. The summed E-state index contributed by atoms with van der Waals surface area (Å²) in [6.07, 6.45) is 2.29. The molecule has 0 radical (unpaired) electrons. The summed E-state index contributed by atoms with van der Waals surface area (Å²) in [5.41, 5.74) is 3.32. The Kier molecular flexibility index (Phi) is 4.24. The molecular weight excluding hydrogens is 242 g/mol. The van der Waals surface area contributed by atoms with Crippen molar-refractivity contribution >= 4 is 5.97 Å². The molecule has 1 saturated carbocycles. The van der Waals surface area contributed by atoms with Gasteiger partial charge in [-0.15, -0.1) is 0 Å². The molecule has 1 aromatic rings. The van der Waals surface area contributed by atoms with Gasteiger partial charge in [-0.1, -0.05) is 0 Å². The molecule has 1 atom stereocenters. The Morgan fingerprint density at radius 1 is 1.47 bits per heavy atom. The molecule has 0 aliphatic heterocycles. The lowest BCUT2D eigenvalue weighted by Crippen LogP contribution is -2.43. The van der Waals surface area contributed by atoms with Gasteiger partial charge in [0.2, 0.25) is 0 Å². The van der Waals surface area contributed by atoms with Crippen LogP contribution in [0, 0.1) is 20.8 Å². The number of aromatic nitrogens is 2. The van der Waals surface area contributed by atoms with Crippen molar-refractivity contribution in [1.82, 2.24) is 15.1 Å². The van der Waals surface area contributed by atoms with Gasteiger partial charge < -0.3 is 10.1 Å². The number of hydrogen-bond acceptors (Lipinski definition) is 4. The molecule has 1 N–H and O–H groups in total.